The van der Waals surface area contributed by atoms with Crippen LogP contribution in [0.4, 0.5) is 4.39 Å². The molecule has 1 aromatic carbocycles. The number of aromatic nitrogens is 3. The van der Waals surface area contributed by atoms with E-state index in [2.05, 4.69) is 25.9 Å². The molecule has 0 radical (unpaired) electrons. The molecule has 96 valence electrons. The van der Waals surface area contributed by atoms with E-state index in [0.717, 1.165) is 0 Å². The van der Waals surface area contributed by atoms with Crippen LogP contribution in [0, 0.1) is 12.7 Å². The SMILES string of the molecule is Cc1cc(F)ccc1Oc1nc(Br)cn2ccnc12. The highest BCUT2D eigenvalue weighted by Crippen LogP contribution is 2.27. The second-order valence-electron chi connectivity index (χ2n) is 4.04. The fourth-order valence-electron chi connectivity index (χ4n) is 1.77. The van der Waals surface area contributed by atoms with E-state index in [4.69, 9.17) is 4.74 Å². The van der Waals surface area contributed by atoms with Crippen LogP contribution in [-0.2, 0) is 0 Å². The Bertz CT molecular complexity index is 757. The summed E-state index contributed by atoms with van der Waals surface area (Å²) >= 11 is 3.31. The summed E-state index contributed by atoms with van der Waals surface area (Å²) in [5.74, 6) is 0.629. The van der Waals surface area contributed by atoms with Crippen LogP contribution in [0.5, 0.6) is 11.6 Å². The Morgan fingerprint density at radius 3 is 3.00 bits per heavy atom. The van der Waals surface area contributed by atoms with Crippen molar-refractivity contribution >= 4 is 21.6 Å². The normalized spacial score (nSPS) is 10.9. The third-order valence-electron chi connectivity index (χ3n) is 2.66. The van der Waals surface area contributed by atoms with E-state index in [1.54, 1.807) is 36.0 Å². The summed E-state index contributed by atoms with van der Waals surface area (Å²) < 4.78 is 21.2. The largest absolute Gasteiger partial charge is 0.436 e. The molecule has 0 spiro atoms. The Kier molecular flexibility index (Phi) is 2.94. The highest BCUT2D eigenvalue weighted by Gasteiger charge is 2.10. The highest BCUT2D eigenvalue weighted by molar-refractivity contribution is 9.10. The summed E-state index contributed by atoms with van der Waals surface area (Å²) in [6.07, 6.45) is 5.24. The first kappa shape index (κ1) is 12.1. The zero-order chi connectivity index (χ0) is 13.4. The van der Waals surface area contributed by atoms with Crippen LogP contribution in [0.1, 0.15) is 5.56 Å². The maximum absolute atomic E-state index is 13.1. The number of ether oxygens (including phenoxy) is 1. The minimum absolute atomic E-state index is 0.294. The van der Waals surface area contributed by atoms with Crippen LogP contribution in [0.25, 0.3) is 5.65 Å². The van der Waals surface area contributed by atoms with Crippen LogP contribution in [0.3, 0.4) is 0 Å². The van der Waals surface area contributed by atoms with Crippen LogP contribution in [0.2, 0.25) is 0 Å². The second kappa shape index (κ2) is 4.62. The molecule has 0 fully saturated rings. The third-order valence-corrected chi connectivity index (χ3v) is 3.04. The molecule has 2 aromatic heterocycles. The molecular weight excluding hydrogens is 313 g/mol. The Morgan fingerprint density at radius 2 is 2.21 bits per heavy atom. The lowest BCUT2D eigenvalue weighted by atomic mass is 10.2. The predicted octanol–water partition coefficient (Wildman–Crippen LogP) is 3.73. The molecule has 4 nitrogen and oxygen atoms in total. The van der Waals surface area contributed by atoms with Crippen LogP contribution >= 0.6 is 15.9 Å². The Morgan fingerprint density at radius 1 is 1.37 bits per heavy atom. The third kappa shape index (κ3) is 2.31. The quantitative estimate of drug-likeness (QED) is 0.722. The number of benzene rings is 1. The fourth-order valence-corrected chi connectivity index (χ4v) is 2.16. The first-order valence-corrected chi connectivity index (χ1v) is 6.36. The highest BCUT2D eigenvalue weighted by atomic mass is 79.9. The lowest BCUT2D eigenvalue weighted by Gasteiger charge is -2.09. The number of imidazole rings is 1. The molecule has 2 heterocycles. The van der Waals surface area contributed by atoms with Crippen molar-refractivity contribution in [1.29, 1.82) is 0 Å². The summed E-state index contributed by atoms with van der Waals surface area (Å²) in [5, 5.41) is 0. The van der Waals surface area contributed by atoms with Gasteiger partial charge in [-0.3, -0.25) is 4.40 Å². The number of hydrogen-bond acceptors (Lipinski definition) is 3. The van der Waals surface area contributed by atoms with Crippen molar-refractivity contribution in [3.63, 3.8) is 0 Å². The standard InChI is InChI=1S/C13H9BrFN3O/c1-8-6-9(15)2-3-10(8)19-13-12-16-4-5-18(12)7-11(14)17-13/h2-7H,1H3. The minimum atomic E-state index is -0.294. The molecule has 3 aromatic rings. The van der Waals surface area contributed by atoms with Gasteiger partial charge in [-0.1, -0.05) is 0 Å². The van der Waals surface area contributed by atoms with Gasteiger partial charge in [0.15, 0.2) is 0 Å². The number of rotatable bonds is 2. The lowest BCUT2D eigenvalue weighted by Crippen LogP contribution is -1.96. The number of nitrogens with zero attached hydrogens (tertiary/aromatic N) is 3. The van der Waals surface area contributed by atoms with E-state index in [0.29, 0.717) is 27.4 Å². The van der Waals surface area contributed by atoms with Crippen molar-refractivity contribution in [3.8, 4) is 11.6 Å². The molecule has 0 aliphatic carbocycles. The lowest BCUT2D eigenvalue weighted by molar-refractivity contribution is 0.458. The molecule has 0 bridgehead atoms. The zero-order valence-corrected chi connectivity index (χ0v) is 11.6. The molecule has 0 saturated carbocycles. The molecule has 19 heavy (non-hydrogen) atoms. The molecule has 0 amide bonds. The molecule has 6 heteroatoms. The van der Waals surface area contributed by atoms with E-state index in [-0.39, 0.29) is 5.82 Å². The van der Waals surface area contributed by atoms with Gasteiger partial charge < -0.3 is 4.74 Å². The topological polar surface area (TPSA) is 39.4 Å². The molecule has 0 saturated heterocycles. The Balaban J connectivity index is 2.07. The van der Waals surface area contributed by atoms with E-state index in [1.165, 1.54) is 12.1 Å². The average molecular weight is 322 g/mol. The fraction of sp³-hybridized carbons (Fsp3) is 0.0769. The van der Waals surface area contributed by atoms with E-state index >= 15 is 0 Å². The van der Waals surface area contributed by atoms with Gasteiger partial charge in [0.2, 0.25) is 5.65 Å². The summed E-state index contributed by atoms with van der Waals surface area (Å²) in [6, 6.07) is 4.34. The van der Waals surface area contributed by atoms with Crippen molar-refractivity contribution in [2.24, 2.45) is 0 Å². The van der Waals surface area contributed by atoms with E-state index < -0.39 is 0 Å². The average Bonchev–Trinajstić information content (AvgIpc) is 2.80. The van der Waals surface area contributed by atoms with Gasteiger partial charge in [-0.2, -0.15) is 0 Å². The summed E-state index contributed by atoms with van der Waals surface area (Å²) in [5.41, 5.74) is 1.30. The Hall–Kier alpha value is -1.95. The van der Waals surface area contributed by atoms with Crippen LogP contribution < -0.4 is 4.74 Å². The van der Waals surface area contributed by atoms with Gasteiger partial charge in [0.25, 0.3) is 5.88 Å². The monoisotopic (exact) mass is 321 g/mol. The molecule has 0 unspecified atom stereocenters. The zero-order valence-electron chi connectivity index (χ0n) is 9.97. The van der Waals surface area contributed by atoms with Crippen LogP contribution in [0.15, 0.2) is 41.4 Å². The molecular formula is C13H9BrFN3O. The molecule has 3 rings (SSSR count). The van der Waals surface area contributed by atoms with Crippen molar-refractivity contribution in [2.75, 3.05) is 0 Å². The Labute approximate surface area is 117 Å². The first-order valence-electron chi connectivity index (χ1n) is 5.57. The van der Waals surface area contributed by atoms with Gasteiger partial charge in [0.05, 0.1) is 0 Å². The molecule has 0 aliphatic rings. The van der Waals surface area contributed by atoms with Gasteiger partial charge in [-0.15, -0.1) is 0 Å². The van der Waals surface area contributed by atoms with E-state index in [9.17, 15) is 4.39 Å². The van der Waals surface area contributed by atoms with Crippen molar-refractivity contribution in [2.45, 2.75) is 6.92 Å². The second-order valence-corrected chi connectivity index (χ2v) is 4.85. The molecule has 0 N–H and O–H groups in total. The summed E-state index contributed by atoms with van der Waals surface area (Å²) in [4.78, 5) is 8.43. The summed E-state index contributed by atoms with van der Waals surface area (Å²) in [7, 11) is 0. The van der Waals surface area contributed by atoms with Gasteiger partial charge in [0, 0.05) is 18.6 Å². The maximum atomic E-state index is 13.1. The molecule has 0 aliphatic heterocycles. The van der Waals surface area contributed by atoms with Gasteiger partial charge in [0.1, 0.15) is 16.2 Å². The van der Waals surface area contributed by atoms with Gasteiger partial charge >= 0.3 is 0 Å². The number of aryl methyl sites for hydroxylation is 1. The number of halogens is 2. The van der Waals surface area contributed by atoms with Crippen LogP contribution in [-0.4, -0.2) is 14.4 Å². The van der Waals surface area contributed by atoms with Gasteiger partial charge in [-0.05, 0) is 46.6 Å². The first-order chi connectivity index (χ1) is 9.13. The number of fused-ring (bicyclic) bond motifs is 1. The van der Waals surface area contributed by atoms with Gasteiger partial charge in [-0.25, -0.2) is 14.4 Å². The molecule has 0 atom stereocenters. The number of hydrogen-bond donors (Lipinski definition) is 0. The van der Waals surface area contributed by atoms with Crippen molar-refractivity contribution in [1.82, 2.24) is 14.4 Å². The predicted molar refractivity (Wildman–Crippen MR) is 71.9 cm³/mol. The van der Waals surface area contributed by atoms with Crippen molar-refractivity contribution in [3.05, 3.63) is 52.8 Å². The summed E-state index contributed by atoms with van der Waals surface area (Å²) in [6.45, 7) is 1.78. The maximum Gasteiger partial charge on any atom is 0.264 e. The van der Waals surface area contributed by atoms with Crippen molar-refractivity contribution < 1.29 is 9.13 Å². The minimum Gasteiger partial charge on any atom is -0.436 e. The van der Waals surface area contributed by atoms with E-state index in [1.807, 2.05) is 0 Å². The smallest absolute Gasteiger partial charge is 0.264 e.